The minimum Gasteiger partial charge on any atom is -0.481 e. The van der Waals surface area contributed by atoms with Gasteiger partial charge in [-0.3, -0.25) is 14.5 Å². The van der Waals surface area contributed by atoms with Crippen molar-refractivity contribution in [3.63, 3.8) is 0 Å². The zero-order chi connectivity index (χ0) is 17.2. The van der Waals surface area contributed by atoms with Gasteiger partial charge in [-0.2, -0.15) is 13.2 Å². The first-order valence-electron chi connectivity index (χ1n) is 7.11. The topological polar surface area (TPSA) is 60.9 Å². The lowest BCUT2D eigenvalue weighted by molar-refractivity contribution is -0.138. The van der Waals surface area contributed by atoms with Crippen LogP contribution in [0.4, 0.5) is 18.9 Å². The summed E-state index contributed by atoms with van der Waals surface area (Å²) in [5, 5.41) is 8.68. The number of likely N-dealkylation sites (N-methyl/N-ethyl adjacent to an activating group) is 1. The molecular formula is C15H17F3N2O3. The van der Waals surface area contributed by atoms with Crippen LogP contribution in [-0.2, 0) is 15.8 Å². The molecule has 1 fully saturated rings. The Morgan fingerprint density at radius 1 is 1.35 bits per heavy atom. The second-order valence-corrected chi connectivity index (χ2v) is 5.46. The summed E-state index contributed by atoms with van der Waals surface area (Å²) in [6.07, 6.45) is -3.97. The molecule has 1 atom stereocenters. The number of carbonyl (C=O) groups is 2. The molecule has 1 aromatic carbocycles. The van der Waals surface area contributed by atoms with Crippen LogP contribution in [0.15, 0.2) is 24.3 Å². The molecule has 1 aromatic rings. The molecule has 0 aliphatic carbocycles. The Kier molecular flexibility index (Phi) is 4.93. The standard InChI is InChI=1S/C15H17F3N2O3/c1-19(8-7-13(21)22)12-6-9-20(14(12)23)11-4-2-10(3-5-11)15(16,17)18/h2-5,12H,6-9H2,1H3,(H,21,22). The summed E-state index contributed by atoms with van der Waals surface area (Å²) in [4.78, 5) is 26.1. The van der Waals surface area contributed by atoms with Crippen LogP contribution >= 0.6 is 0 Å². The van der Waals surface area contributed by atoms with E-state index in [1.807, 2.05) is 0 Å². The highest BCUT2D eigenvalue weighted by Crippen LogP contribution is 2.31. The van der Waals surface area contributed by atoms with Gasteiger partial charge in [0, 0.05) is 18.8 Å². The zero-order valence-electron chi connectivity index (χ0n) is 12.5. The Balaban J connectivity index is 2.05. The third kappa shape index (κ3) is 4.01. The van der Waals surface area contributed by atoms with Gasteiger partial charge in [-0.15, -0.1) is 0 Å². The van der Waals surface area contributed by atoms with E-state index in [4.69, 9.17) is 5.11 Å². The minimum atomic E-state index is -4.41. The Hall–Kier alpha value is -2.09. The highest BCUT2D eigenvalue weighted by Gasteiger charge is 2.36. The van der Waals surface area contributed by atoms with Crippen molar-refractivity contribution in [2.24, 2.45) is 0 Å². The van der Waals surface area contributed by atoms with Crippen molar-refractivity contribution in [1.29, 1.82) is 0 Å². The summed E-state index contributed by atoms with van der Waals surface area (Å²) < 4.78 is 37.7. The van der Waals surface area contributed by atoms with Crippen molar-refractivity contribution >= 4 is 17.6 Å². The molecule has 1 aliphatic rings. The van der Waals surface area contributed by atoms with Crippen molar-refractivity contribution < 1.29 is 27.9 Å². The van der Waals surface area contributed by atoms with Gasteiger partial charge in [0.2, 0.25) is 5.91 Å². The third-order valence-electron chi connectivity index (χ3n) is 3.89. The summed E-state index contributed by atoms with van der Waals surface area (Å²) in [5.74, 6) is -1.17. The van der Waals surface area contributed by atoms with Crippen molar-refractivity contribution in [1.82, 2.24) is 4.90 Å². The van der Waals surface area contributed by atoms with Gasteiger partial charge in [0.1, 0.15) is 0 Å². The van der Waals surface area contributed by atoms with Gasteiger partial charge in [-0.1, -0.05) is 0 Å². The van der Waals surface area contributed by atoms with Gasteiger partial charge >= 0.3 is 12.1 Å². The Morgan fingerprint density at radius 2 is 1.96 bits per heavy atom. The molecule has 126 valence electrons. The molecule has 0 bridgehead atoms. The number of halogens is 3. The summed E-state index contributed by atoms with van der Waals surface area (Å²) in [6.45, 7) is 0.638. The highest BCUT2D eigenvalue weighted by molar-refractivity contribution is 5.99. The van der Waals surface area contributed by atoms with E-state index in [1.54, 1.807) is 11.9 Å². The van der Waals surface area contributed by atoms with Crippen LogP contribution in [-0.4, -0.2) is 48.1 Å². The number of nitrogens with zero attached hydrogens (tertiary/aromatic N) is 2. The van der Waals surface area contributed by atoms with E-state index in [1.165, 1.54) is 17.0 Å². The molecule has 1 N–H and O–H groups in total. The number of carboxylic acids is 1. The van der Waals surface area contributed by atoms with Crippen LogP contribution in [0.5, 0.6) is 0 Å². The van der Waals surface area contributed by atoms with Gasteiger partial charge in [-0.05, 0) is 37.7 Å². The second kappa shape index (κ2) is 6.57. The maximum atomic E-state index is 12.6. The largest absolute Gasteiger partial charge is 0.481 e. The average Bonchev–Trinajstić information content (AvgIpc) is 2.86. The van der Waals surface area contributed by atoms with Crippen molar-refractivity contribution in [2.45, 2.75) is 25.1 Å². The molecule has 1 saturated heterocycles. The zero-order valence-corrected chi connectivity index (χ0v) is 12.5. The smallest absolute Gasteiger partial charge is 0.416 e. The van der Waals surface area contributed by atoms with Crippen LogP contribution < -0.4 is 4.90 Å². The monoisotopic (exact) mass is 330 g/mol. The molecule has 8 heteroatoms. The van der Waals surface area contributed by atoms with Crippen LogP contribution in [0.2, 0.25) is 0 Å². The summed E-state index contributed by atoms with van der Waals surface area (Å²) in [7, 11) is 1.67. The lowest BCUT2D eigenvalue weighted by Crippen LogP contribution is -2.40. The van der Waals surface area contributed by atoms with E-state index >= 15 is 0 Å². The molecule has 1 heterocycles. The number of benzene rings is 1. The van der Waals surface area contributed by atoms with Crippen LogP contribution in [0.25, 0.3) is 0 Å². The first-order valence-corrected chi connectivity index (χ1v) is 7.11. The Labute approximate surface area is 131 Å². The predicted molar refractivity (Wildman–Crippen MR) is 77.1 cm³/mol. The molecule has 5 nitrogen and oxygen atoms in total. The second-order valence-electron chi connectivity index (χ2n) is 5.46. The van der Waals surface area contributed by atoms with E-state index in [2.05, 4.69) is 0 Å². The van der Waals surface area contributed by atoms with Crippen LogP contribution in [0, 0.1) is 0 Å². The van der Waals surface area contributed by atoms with Gasteiger partial charge < -0.3 is 10.0 Å². The molecule has 1 amide bonds. The summed E-state index contributed by atoms with van der Waals surface area (Å²) in [6, 6.07) is 4.01. The van der Waals surface area contributed by atoms with Crippen LogP contribution in [0.1, 0.15) is 18.4 Å². The maximum absolute atomic E-state index is 12.6. The fourth-order valence-corrected chi connectivity index (χ4v) is 2.59. The maximum Gasteiger partial charge on any atom is 0.416 e. The van der Waals surface area contributed by atoms with E-state index in [0.717, 1.165) is 12.1 Å². The van der Waals surface area contributed by atoms with E-state index in [0.29, 0.717) is 18.7 Å². The number of hydrogen-bond donors (Lipinski definition) is 1. The van der Waals surface area contributed by atoms with E-state index < -0.39 is 23.8 Å². The fourth-order valence-electron chi connectivity index (χ4n) is 2.59. The summed E-state index contributed by atoms with van der Waals surface area (Å²) in [5.41, 5.74) is -0.347. The van der Waals surface area contributed by atoms with Crippen LogP contribution in [0.3, 0.4) is 0 Å². The molecule has 1 unspecified atom stereocenters. The van der Waals surface area contributed by atoms with Gasteiger partial charge in [-0.25, -0.2) is 0 Å². The highest BCUT2D eigenvalue weighted by atomic mass is 19.4. The lowest BCUT2D eigenvalue weighted by Gasteiger charge is -2.23. The molecule has 23 heavy (non-hydrogen) atoms. The fraction of sp³-hybridized carbons (Fsp3) is 0.467. The SMILES string of the molecule is CN(CCC(=O)O)C1CCN(c2ccc(C(F)(F)F)cc2)C1=O. The normalized spacial score (nSPS) is 18.7. The number of anilines is 1. The van der Waals surface area contributed by atoms with Gasteiger partial charge in [0.05, 0.1) is 18.0 Å². The number of hydrogen-bond acceptors (Lipinski definition) is 3. The predicted octanol–water partition coefficient (Wildman–Crippen LogP) is 2.22. The quantitative estimate of drug-likeness (QED) is 0.899. The number of aliphatic carboxylic acids is 1. The molecule has 0 radical (unpaired) electrons. The molecule has 2 rings (SSSR count). The summed E-state index contributed by atoms with van der Waals surface area (Å²) >= 11 is 0. The van der Waals surface area contributed by atoms with Gasteiger partial charge in [0.15, 0.2) is 0 Å². The number of rotatable bonds is 5. The number of carbonyl (C=O) groups excluding carboxylic acids is 1. The molecule has 1 aliphatic heterocycles. The van der Waals surface area contributed by atoms with Crippen molar-refractivity contribution in [3.8, 4) is 0 Å². The molecule has 0 aromatic heterocycles. The first kappa shape index (κ1) is 17.3. The lowest BCUT2D eigenvalue weighted by atomic mass is 10.2. The average molecular weight is 330 g/mol. The number of amides is 1. The van der Waals surface area contributed by atoms with E-state index in [-0.39, 0.29) is 18.9 Å². The van der Waals surface area contributed by atoms with Gasteiger partial charge in [0.25, 0.3) is 0 Å². The van der Waals surface area contributed by atoms with Crippen molar-refractivity contribution in [3.05, 3.63) is 29.8 Å². The number of carboxylic acid groups (broad SMARTS) is 1. The Bertz CT molecular complexity index is 587. The minimum absolute atomic E-state index is 0.0689. The Morgan fingerprint density at radius 3 is 2.48 bits per heavy atom. The van der Waals surface area contributed by atoms with Crippen molar-refractivity contribution in [2.75, 3.05) is 25.0 Å². The number of alkyl halides is 3. The third-order valence-corrected chi connectivity index (χ3v) is 3.89. The molecule has 0 spiro atoms. The van der Waals surface area contributed by atoms with E-state index in [9.17, 15) is 22.8 Å². The first-order chi connectivity index (χ1) is 10.7. The molecular weight excluding hydrogens is 313 g/mol. The molecule has 0 saturated carbocycles.